The number of ketones is 2. The smallest absolute Gasteiger partial charge is 0.407 e. The molecule has 6 aliphatic rings. The van der Waals surface area contributed by atoms with Crippen LogP contribution in [0, 0.1) is 46.3 Å². The van der Waals surface area contributed by atoms with Crippen LogP contribution in [0.2, 0.25) is 0 Å². The van der Waals surface area contributed by atoms with Gasteiger partial charge in [-0.2, -0.15) is 0 Å². The number of halogens is 1. The quantitative estimate of drug-likeness (QED) is 0.0822. The molecule has 0 radical (unpaired) electrons. The van der Waals surface area contributed by atoms with Gasteiger partial charge in [0, 0.05) is 47.8 Å². The summed E-state index contributed by atoms with van der Waals surface area (Å²) in [5.41, 5.74) is -9.25. The number of ether oxygens (including phenoxy) is 4. The molecule has 78 heavy (non-hydrogen) atoms. The minimum absolute atomic E-state index is 0. The van der Waals surface area contributed by atoms with Crippen molar-refractivity contribution in [3.63, 3.8) is 0 Å². The lowest BCUT2D eigenvalue weighted by Crippen LogP contribution is -2.69. The summed E-state index contributed by atoms with van der Waals surface area (Å²) in [6.45, 7) is 19.4. The first kappa shape index (κ1) is 65.9. The highest BCUT2D eigenvalue weighted by molar-refractivity contribution is 6.01. The molecule has 5 fully saturated rings. The maximum Gasteiger partial charge on any atom is 0.407 e. The molecule has 448 valence electrons. The second-order valence-electron chi connectivity index (χ2n) is 25.6. The van der Waals surface area contributed by atoms with Crippen LogP contribution in [0.4, 0.5) is 9.18 Å². The number of nitrogens with zero attached hydrogens (tertiary/aromatic N) is 2. The Morgan fingerprint density at radius 2 is 1.58 bits per heavy atom. The number of alkyl carbamates (subject to hydrolysis) is 1. The monoisotopic (exact) mass is 1110 g/mol. The van der Waals surface area contributed by atoms with Crippen molar-refractivity contribution in [1.82, 2.24) is 15.1 Å². The fourth-order valence-corrected chi connectivity index (χ4v) is 15.3. The molecule has 3 saturated carbocycles. The molecule has 22 atom stereocenters. The number of esters is 1. The molecular weight excluding hydrogens is 1010 g/mol. The van der Waals surface area contributed by atoms with E-state index in [2.05, 4.69) is 5.32 Å². The Bertz CT molecular complexity index is 2160. The number of unbranched alkanes of at least 4 members (excludes halogenated alkanes) is 3. The van der Waals surface area contributed by atoms with E-state index in [1.165, 1.54) is 26.0 Å². The van der Waals surface area contributed by atoms with E-state index in [4.69, 9.17) is 18.9 Å². The zero-order valence-corrected chi connectivity index (χ0v) is 48.2. The topological polar surface area (TPSA) is 265 Å². The maximum absolute atomic E-state index is 17.6. The third kappa shape index (κ3) is 12.4. The number of carbonyl (C=O) groups excluding carboxylic acids is 4. The number of Topliss-reactive ketones (excluding diaryl/α,β-unsaturated/α-hetero) is 1. The number of nitrogens with one attached hydrogen (secondary N) is 1. The zero-order chi connectivity index (χ0) is 57.5. The Kier molecular flexibility index (Phi) is 21.3. The van der Waals surface area contributed by atoms with Gasteiger partial charge in [0.2, 0.25) is 5.78 Å². The number of cyclic esters (lactones) is 1. The highest BCUT2D eigenvalue weighted by Crippen LogP contribution is 2.70. The molecule has 2 aliphatic heterocycles. The van der Waals surface area contributed by atoms with E-state index >= 15 is 4.39 Å². The van der Waals surface area contributed by atoms with Gasteiger partial charge in [-0.3, -0.25) is 14.4 Å². The molecule has 1 amide bonds. The summed E-state index contributed by atoms with van der Waals surface area (Å²) >= 11 is 0. The van der Waals surface area contributed by atoms with Crippen LogP contribution in [-0.2, 0) is 33.3 Å². The normalized spacial score (nSPS) is 45.6. The van der Waals surface area contributed by atoms with Gasteiger partial charge in [0.1, 0.15) is 29.5 Å². The van der Waals surface area contributed by atoms with Crippen LogP contribution in [0.1, 0.15) is 154 Å². The molecule has 2 saturated heterocycles. The summed E-state index contributed by atoms with van der Waals surface area (Å²) in [5.74, 6) is -5.60. The third-order valence-electron chi connectivity index (χ3n) is 20.1. The van der Waals surface area contributed by atoms with Crippen molar-refractivity contribution in [2.45, 2.75) is 238 Å². The molecule has 0 aromatic heterocycles. The number of allylic oxidation sites excluding steroid dienone is 4. The molecule has 0 spiro atoms. The van der Waals surface area contributed by atoms with E-state index in [1.54, 1.807) is 54.5 Å². The average molecular weight is 1110 g/mol. The molecule has 0 aromatic carbocycles. The SMILES string of the molecule is C.CC[C@H]1OC(=O)[C@H](C)[C@@H](O)[C@H](C)[C@@H](O[C@@H]2O[C@H](C)CC(N(C)CCCCCCNC(=O)OCC(=O)[C@@]3(O)[C@H](C)C[C@H]4[C@@H]5CCC6=CC(=O)C=C[C@]6(C)[C@@]5(F)[C@@H](O)C[C@@]43C)[C@H]2O)[C@](C)(O)C[C@@H](C)CN(C)[C@H](C)[C@@H](O)[C@]1(C)O. The summed E-state index contributed by atoms with van der Waals surface area (Å²) in [5, 5.41) is 85.5. The van der Waals surface area contributed by atoms with Gasteiger partial charge in [0.05, 0.1) is 35.9 Å². The number of fused-ring (bicyclic) bond motifs is 5. The molecule has 1 unspecified atom stereocenters. The second kappa shape index (κ2) is 25.3. The number of carbonyl (C=O) groups is 4. The van der Waals surface area contributed by atoms with E-state index in [0.717, 1.165) is 19.3 Å². The predicted molar refractivity (Wildman–Crippen MR) is 291 cm³/mol. The summed E-state index contributed by atoms with van der Waals surface area (Å²) in [6.07, 6.45) is -0.780. The lowest BCUT2D eigenvalue weighted by Gasteiger charge is -2.62. The molecular formula is C59H100FN3O15. The van der Waals surface area contributed by atoms with Crippen LogP contribution in [0.15, 0.2) is 23.8 Å². The number of rotatable bonds is 14. The van der Waals surface area contributed by atoms with Gasteiger partial charge in [0.25, 0.3) is 0 Å². The fourth-order valence-electron chi connectivity index (χ4n) is 15.3. The first-order chi connectivity index (χ1) is 35.7. The van der Waals surface area contributed by atoms with Gasteiger partial charge in [-0.1, -0.05) is 66.5 Å². The highest BCUT2D eigenvalue weighted by atomic mass is 19.1. The predicted octanol–water partition coefficient (Wildman–Crippen LogP) is 5.19. The molecule has 0 aromatic rings. The highest BCUT2D eigenvalue weighted by Gasteiger charge is 2.75. The lowest BCUT2D eigenvalue weighted by molar-refractivity contribution is -0.299. The van der Waals surface area contributed by atoms with Crippen molar-refractivity contribution < 1.29 is 78.3 Å². The average Bonchev–Trinajstić information content (AvgIpc) is 3.80. The first-order valence-corrected chi connectivity index (χ1v) is 28.6. The van der Waals surface area contributed by atoms with E-state index < -0.39 is 142 Å². The van der Waals surface area contributed by atoms with Crippen LogP contribution >= 0.6 is 0 Å². The van der Waals surface area contributed by atoms with Crippen LogP contribution in [-0.4, -0.2) is 193 Å². The van der Waals surface area contributed by atoms with Gasteiger partial charge in [-0.05, 0) is 150 Å². The number of hydrogen-bond acceptors (Lipinski definition) is 17. The summed E-state index contributed by atoms with van der Waals surface area (Å²) < 4.78 is 41.6. The molecule has 0 bridgehead atoms. The minimum Gasteiger partial charge on any atom is -0.459 e. The standard InChI is InChI=1S/C58H96FN3O15.CH4/c1-14-45-56(11,72)48(68)37(7)62(13)30-32(2)28-55(10,71)49(35(5)46(66)36(6)50(69)76-45)77-51-47(67)42(26-34(4)75-51)61(12)24-18-16-15-17-23-60-52(70)74-31-44(65)58(73)33(3)25-41-40-20-19-38-27-39(63)21-22-53(38,8)57(40,59)43(64)29-54(41,58)9;/h21-22,27,32-37,40-43,45-49,51,64,66-68,71-73H,14-20,23-26,28-31H2,1-13H3,(H,60,70);1H4/t32-,33-,34-,35+,36-,37-,40+,41+,42?,43+,45-,46+,47-,48-,49-,51+,53+,54+,55-,56-,57+,58+;/m1./s1. The molecule has 19 heteroatoms. The molecule has 18 nitrogen and oxygen atoms in total. The Hall–Kier alpha value is -2.95. The molecule has 8 N–H and O–H groups in total. The van der Waals surface area contributed by atoms with E-state index in [1.807, 2.05) is 37.7 Å². The van der Waals surface area contributed by atoms with Crippen LogP contribution in [0.25, 0.3) is 0 Å². The van der Waals surface area contributed by atoms with E-state index in [9.17, 15) is 54.9 Å². The summed E-state index contributed by atoms with van der Waals surface area (Å²) in [6, 6.07) is -0.963. The largest absolute Gasteiger partial charge is 0.459 e. The van der Waals surface area contributed by atoms with E-state index in [-0.39, 0.29) is 51.0 Å². The Morgan fingerprint density at radius 3 is 2.23 bits per heavy atom. The van der Waals surface area contributed by atoms with Gasteiger partial charge in [-0.25, -0.2) is 9.18 Å². The van der Waals surface area contributed by atoms with Gasteiger partial charge in [-0.15, -0.1) is 0 Å². The van der Waals surface area contributed by atoms with Crippen molar-refractivity contribution >= 4 is 23.6 Å². The fraction of sp³-hybridized carbons (Fsp3) is 0.864. The van der Waals surface area contributed by atoms with Crippen molar-refractivity contribution in [2.24, 2.45) is 46.3 Å². The summed E-state index contributed by atoms with van der Waals surface area (Å²) in [7, 11) is 3.72. The van der Waals surface area contributed by atoms with Crippen LogP contribution in [0.3, 0.4) is 0 Å². The third-order valence-corrected chi connectivity index (χ3v) is 20.1. The number of amides is 1. The zero-order valence-electron chi connectivity index (χ0n) is 48.2. The minimum atomic E-state index is -2.10. The van der Waals surface area contributed by atoms with Crippen LogP contribution < -0.4 is 5.32 Å². The summed E-state index contributed by atoms with van der Waals surface area (Å²) in [4.78, 5) is 56.6. The maximum atomic E-state index is 17.6. The van der Waals surface area contributed by atoms with Crippen molar-refractivity contribution in [2.75, 3.05) is 40.3 Å². The number of alkyl halides is 1. The number of hydrogen-bond donors (Lipinski definition) is 8. The lowest BCUT2D eigenvalue weighted by atomic mass is 9.44. The first-order valence-electron chi connectivity index (χ1n) is 28.6. The molecule has 4 aliphatic carbocycles. The molecule has 6 rings (SSSR count). The molecule has 2 heterocycles. The van der Waals surface area contributed by atoms with E-state index in [0.29, 0.717) is 50.8 Å². The van der Waals surface area contributed by atoms with Gasteiger partial charge < -0.3 is 69.8 Å². The Labute approximate surface area is 463 Å². The van der Waals surface area contributed by atoms with Crippen molar-refractivity contribution in [3.8, 4) is 0 Å². The van der Waals surface area contributed by atoms with Crippen molar-refractivity contribution in [1.29, 1.82) is 0 Å². The Morgan fingerprint density at radius 1 is 0.923 bits per heavy atom. The Balaban J connectivity index is 0.0000112. The van der Waals surface area contributed by atoms with Gasteiger partial charge in [0.15, 0.2) is 24.3 Å². The second-order valence-corrected chi connectivity index (χ2v) is 25.6. The number of aliphatic hydroxyl groups is 7. The van der Waals surface area contributed by atoms with Gasteiger partial charge >= 0.3 is 12.1 Å². The van der Waals surface area contributed by atoms with Crippen LogP contribution in [0.5, 0.6) is 0 Å². The van der Waals surface area contributed by atoms with Crippen molar-refractivity contribution in [3.05, 3.63) is 23.8 Å². The number of aliphatic hydroxyl groups excluding tert-OH is 4. The number of likely N-dealkylation sites (N-methyl/N-ethyl adjacent to an activating group) is 2.